The lowest BCUT2D eigenvalue weighted by atomic mass is 9.94. The molecule has 0 saturated heterocycles. The van der Waals surface area contributed by atoms with Crippen LogP contribution in [0.3, 0.4) is 0 Å². The van der Waals surface area contributed by atoms with Crippen molar-refractivity contribution in [3.63, 3.8) is 0 Å². The van der Waals surface area contributed by atoms with E-state index in [9.17, 15) is 9.90 Å². The molecule has 2 atom stereocenters. The Morgan fingerprint density at radius 1 is 0.969 bits per heavy atom. The average molecular weight is 433 g/mol. The van der Waals surface area contributed by atoms with Crippen LogP contribution in [0, 0.1) is 0 Å². The van der Waals surface area contributed by atoms with Gasteiger partial charge >= 0.3 is 5.97 Å². The van der Waals surface area contributed by atoms with Crippen molar-refractivity contribution in [3.05, 3.63) is 83.4 Å². The fourth-order valence-corrected chi connectivity index (χ4v) is 4.37. The van der Waals surface area contributed by atoms with Crippen molar-refractivity contribution < 1.29 is 24.1 Å². The summed E-state index contributed by atoms with van der Waals surface area (Å²) in [4.78, 5) is 11.3. The Morgan fingerprint density at radius 3 is 2.41 bits per heavy atom. The number of hydrogen-bond acceptors (Lipinski definition) is 4. The van der Waals surface area contributed by atoms with Crippen LogP contribution in [0.5, 0.6) is 11.5 Å². The number of methoxy groups -OCH3 is 1. The van der Waals surface area contributed by atoms with Gasteiger partial charge < -0.3 is 19.3 Å². The minimum Gasteiger partial charge on any atom is -0.497 e. The van der Waals surface area contributed by atoms with Crippen molar-refractivity contribution in [3.8, 4) is 22.6 Å². The van der Waals surface area contributed by atoms with E-state index in [1.54, 1.807) is 14.0 Å². The summed E-state index contributed by atoms with van der Waals surface area (Å²) < 4.78 is 16.7. The summed E-state index contributed by atoms with van der Waals surface area (Å²) in [5.74, 6) is 0.985. The maximum absolute atomic E-state index is 11.3. The molecule has 5 heteroatoms. The van der Waals surface area contributed by atoms with Gasteiger partial charge in [-0.3, -0.25) is 0 Å². The minimum absolute atomic E-state index is 0.286. The number of carboxylic acid groups (broad SMARTS) is 1. The fraction of sp³-hybridized carbons (Fsp3) is 0.296. The first kappa shape index (κ1) is 21.9. The Morgan fingerprint density at radius 2 is 1.69 bits per heavy atom. The first-order chi connectivity index (χ1) is 15.6. The SMILES string of the molecule is CCOC(Cc1ccc(OCCC2c3ccccc3-c3cc(OC)ccc32)cc1)C(=O)O. The maximum atomic E-state index is 11.3. The second-order valence-electron chi connectivity index (χ2n) is 7.86. The zero-order valence-electron chi connectivity index (χ0n) is 18.4. The van der Waals surface area contributed by atoms with Gasteiger partial charge in [0.25, 0.3) is 0 Å². The molecule has 0 heterocycles. The summed E-state index contributed by atoms with van der Waals surface area (Å²) in [7, 11) is 1.69. The largest absolute Gasteiger partial charge is 0.497 e. The number of carboxylic acids is 1. The van der Waals surface area contributed by atoms with Crippen LogP contribution in [0.1, 0.15) is 36.0 Å². The molecule has 4 rings (SSSR count). The van der Waals surface area contributed by atoms with E-state index in [0.717, 1.165) is 23.5 Å². The topological polar surface area (TPSA) is 65.0 Å². The van der Waals surface area contributed by atoms with E-state index in [1.807, 2.05) is 30.3 Å². The molecular formula is C27H28O5. The first-order valence-corrected chi connectivity index (χ1v) is 10.9. The molecule has 1 aliphatic carbocycles. The number of benzene rings is 3. The van der Waals surface area contributed by atoms with Gasteiger partial charge in [0.15, 0.2) is 6.10 Å². The zero-order chi connectivity index (χ0) is 22.5. The highest BCUT2D eigenvalue weighted by Gasteiger charge is 2.28. The van der Waals surface area contributed by atoms with Gasteiger partial charge in [-0.1, -0.05) is 42.5 Å². The third-order valence-electron chi connectivity index (χ3n) is 5.93. The van der Waals surface area contributed by atoms with Crippen LogP contribution in [0.4, 0.5) is 0 Å². The molecule has 0 amide bonds. The summed E-state index contributed by atoms with van der Waals surface area (Å²) in [5, 5.41) is 9.25. The Balaban J connectivity index is 1.40. The number of rotatable bonds is 10. The van der Waals surface area contributed by atoms with E-state index < -0.39 is 12.1 Å². The standard InChI is InChI=1S/C27H28O5/c1-3-31-26(27(28)29)16-18-8-10-19(11-9-18)32-15-14-24-21-6-4-5-7-22(21)25-17-20(30-2)12-13-23(24)25/h4-13,17,24,26H,3,14-16H2,1-2H3,(H,28,29). The monoisotopic (exact) mass is 432 g/mol. The zero-order valence-corrected chi connectivity index (χ0v) is 18.4. The molecule has 3 aromatic carbocycles. The molecule has 1 aliphatic rings. The molecule has 3 aromatic rings. The van der Waals surface area contributed by atoms with Crippen LogP contribution in [0.25, 0.3) is 11.1 Å². The second kappa shape index (κ2) is 9.88. The smallest absolute Gasteiger partial charge is 0.333 e. The molecule has 0 bridgehead atoms. The van der Waals surface area contributed by atoms with E-state index in [2.05, 4.69) is 36.4 Å². The van der Waals surface area contributed by atoms with Crippen molar-refractivity contribution in [1.29, 1.82) is 0 Å². The molecule has 0 spiro atoms. The number of carbonyl (C=O) groups is 1. The lowest BCUT2D eigenvalue weighted by Crippen LogP contribution is -2.26. The molecule has 0 saturated carbocycles. The molecule has 0 radical (unpaired) electrons. The highest BCUT2D eigenvalue weighted by Crippen LogP contribution is 2.47. The molecule has 5 nitrogen and oxygen atoms in total. The van der Waals surface area contributed by atoms with Gasteiger partial charge in [-0.25, -0.2) is 4.79 Å². The van der Waals surface area contributed by atoms with Gasteiger partial charge in [-0.15, -0.1) is 0 Å². The molecule has 2 unspecified atom stereocenters. The van der Waals surface area contributed by atoms with E-state index in [0.29, 0.717) is 19.6 Å². The summed E-state index contributed by atoms with van der Waals surface area (Å²) in [6, 6.07) is 22.4. The predicted octanol–water partition coefficient (Wildman–Crippen LogP) is 5.31. The average Bonchev–Trinajstić information content (AvgIpc) is 3.13. The highest BCUT2D eigenvalue weighted by molar-refractivity contribution is 5.79. The third kappa shape index (κ3) is 4.63. The highest BCUT2D eigenvalue weighted by atomic mass is 16.5. The molecular weight excluding hydrogens is 404 g/mol. The normalized spacial score (nSPS) is 15.0. The summed E-state index contributed by atoms with van der Waals surface area (Å²) in [6.07, 6.45) is 0.374. The number of fused-ring (bicyclic) bond motifs is 3. The van der Waals surface area contributed by atoms with Crippen LogP contribution < -0.4 is 9.47 Å². The first-order valence-electron chi connectivity index (χ1n) is 10.9. The number of ether oxygens (including phenoxy) is 3. The Labute approximate surface area is 188 Å². The molecule has 0 aliphatic heterocycles. The van der Waals surface area contributed by atoms with Gasteiger partial charge in [-0.05, 0) is 65.4 Å². The number of aliphatic carboxylic acids is 1. The van der Waals surface area contributed by atoms with E-state index in [1.165, 1.54) is 22.3 Å². The van der Waals surface area contributed by atoms with Crippen molar-refractivity contribution in [2.24, 2.45) is 0 Å². The Hall–Kier alpha value is -3.31. The Kier molecular flexibility index (Phi) is 6.76. The lowest BCUT2D eigenvalue weighted by Gasteiger charge is -2.15. The van der Waals surface area contributed by atoms with Gasteiger partial charge in [0.05, 0.1) is 13.7 Å². The van der Waals surface area contributed by atoms with Crippen molar-refractivity contribution >= 4 is 5.97 Å². The summed E-state index contributed by atoms with van der Waals surface area (Å²) in [5.41, 5.74) is 6.03. The molecule has 1 N–H and O–H groups in total. The Bertz CT molecular complexity index is 1070. The van der Waals surface area contributed by atoms with Crippen LogP contribution in [0.15, 0.2) is 66.7 Å². The minimum atomic E-state index is -0.943. The molecule has 0 fully saturated rings. The van der Waals surface area contributed by atoms with Gasteiger partial charge in [0, 0.05) is 18.9 Å². The molecule has 0 aromatic heterocycles. The van der Waals surface area contributed by atoms with Crippen molar-refractivity contribution in [1.82, 2.24) is 0 Å². The number of hydrogen-bond donors (Lipinski definition) is 1. The lowest BCUT2D eigenvalue weighted by molar-refractivity contribution is -0.149. The molecule has 32 heavy (non-hydrogen) atoms. The van der Waals surface area contributed by atoms with Crippen molar-refractivity contribution in [2.75, 3.05) is 20.3 Å². The van der Waals surface area contributed by atoms with E-state index in [-0.39, 0.29) is 5.92 Å². The van der Waals surface area contributed by atoms with E-state index >= 15 is 0 Å². The van der Waals surface area contributed by atoms with E-state index in [4.69, 9.17) is 14.2 Å². The van der Waals surface area contributed by atoms with Gasteiger partial charge in [0.1, 0.15) is 11.5 Å². The second-order valence-corrected chi connectivity index (χ2v) is 7.86. The predicted molar refractivity (Wildman–Crippen MR) is 124 cm³/mol. The van der Waals surface area contributed by atoms with Crippen LogP contribution in [0.2, 0.25) is 0 Å². The molecule has 166 valence electrons. The quantitative estimate of drug-likeness (QED) is 0.470. The summed E-state index contributed by atoms with van der Waals surface area (Å²) >= 11 is 0. The third-order valence-corrected chi connectivity index (χ3v) is 5.93. The van der Waals surface area contributed by atoms with Crippen LogP contribution in [-0.4, -0.2) is 37.5 Å². The van der Waals surface area contributed by atoms with Crippen LogP contribution in [-0.2, 0) is 16.0 Å². The fourth-order valence-electron chi connectivity index (χ4n) is 4.37. The van der Waals surface area contributed by atoms with Gasteiger partial charge in [-0.2, -0.15) is 0 Å². The van der Waals surface area contributed by atoms with Gasteiger partial charge in [0.2, 0.25) is 0 Å². The van der Waals surface area contributed by atoms with Crippen LogP contribution >= 0.6 is 0 Å². The summed E-state index contributed by atoms with van der Waals surface area (Å²) in [6.45, 7) is 2.75. The van der Waals surface area contributed by atoms with Crippen molar-refractivity contribution in [2.45, 2.75) is 31.8 Å². The maximum Gasteiger partial charge on any atom is 0.333 e.